The third kappa shape index (κ3) is 6.55. The second-order valence-electron chi connectivity index (χ2n) is 11.3. The Bertz CT molecular complexity index is 1780. The van der Waals surface area contributed by atoms with Crippen molar-refractivity contribution < 1.29 is 50.2 Å². The molecule has 3 aromatic rings. The zero-order chi connectivity index (χ0) is 33.4. The van der Waals surface area contributed by atoms with Crippen molar-refractivity contribution in [1.29, 1.82) is 0 Å². The predicted octanol–water partition coefficient (Wildman–Crippen LogP) is 4.99. The molecule has 10 nitrogen and oxygen atoms in total. The van der Waals surface area contributed by atoms with Crippen LogP contribution in [0.2, 0.25) is 0 Å². The first-order chi connectivity index (χ1) is 21.7. The normalized spacial score (nSPS) is 20.7. The molecule has 0 aliphatic heterocycles. The number of nitrogens with one attached hydrogen (secondary N) is 2. The molecule has 46 heavy (non-hydrogen) atoms. The molecule has 2 bridgehead atoms. The average molecular weight is 664 g/mol. The number of rotatable bonds is 10. The van der Waals surface area contributed by atoms with E-state index >= 15 is 4.39 Å². The standard InChI is InChI=1S/C31H29F4N3O7S/c1-45-25-14-23(32)21(24-9-5-16(15-36-24)6-10-26(39)40)13-22(25)29(41)38-28-18-8-7-17(11-18)27(28)30(42)37-19-3-2-4-20(12-19)46(43,44)31(33,34)35/h2-5,9,12-15,17-18,27-28H,6-8,10-11H2,1H3,(H,37,42)(H,38,41)(H,39,40)/t17-,18+,27+,28-/m1/s1. The summed E-state index contributed by atoms with van der Waals surface area (Å²) >= 11 is 0. The van der Waals surface area contributed by atoms with Crippen molar-refractivity contribution in [2.75, 3.05) is 12.4 Å². The maximum atomic E-state index is 15.1. The van der Waals surface area contributed by atoms with E-state index in [4.69, 9.17) is 9.84 Å². The van der Waals surface area contributed by atoms with E-state index in [1.165, 1.54) is 31.5 Å². The number of carbonyl (C=O) groups is 3. The highest BCUT2D eigenvalue weighted by Crippen LogP contribution is 2.49. The summed E-state index contributed by atoms with van der Waals surface area (Å²) in [5, 5.41) is 14.3. The van der Waals surface area contributed by atoms with Gasteiger partial charge >= 0.3 is 11.5 Å². The number of methoxy groups -OCH3 is 1. The summed E-state index contributed by atoms with van der Waals surface area (Å²) in [6, 6.07) is 8.65. The number of benzene rings is 2. The molecule has 1 aromatic heterocycles. The minimum atomic E-state index is -5.63. The molecule has 2 aliphatic rings. The Balaban J connectivity index is 1.37. The van der Waals surface area contributed by atoms with Crippen LogP contribution in [0.5, 0.6) is 5.75 Å². The molecule has 5 rings (SSSR count). The first-order valence-corrected chi connectivity index (χ1v) is 15.8. The third-order valence-corrected chi connectivity index (χ3v) is 9.98. The Morgan fingerprint density at radius 1 is 1.07 bits per heavy atom. The van der Waals surface area contributed by atoms with Crippen molar-refractivity contribution in [3.05, 3.63) is 71.7 Å². The fourth-order valence-electron chi connectivity index (χ4n) is 6.29. The number of fused-ring (bicyclic) bond motifs is 2. The van der Waals surface area contributed by atoms with Crippen LogP contribution in [0.15, 0.2) is 59.6 Å². The lowest BCUT2D eigenvalue weighted by Gasteiger charge is -2.31. The highest BCUT2D eigenvalue weighted by molar-refractivity contribution is 7.92. The molecule has 2 saturated carbocycles. The van der Waals surface area contributed by atoms with Crippen LogP contribution in [0.1, 0.15) is 41.6 Å². The van der Waals surface area contributed by atoms with E-state index in [1.807, 2.05) is 0 Å². The van der Waals surface area contributed by atoms with Crippen LogP contribution in [0.25, 0.3) is 11.3 Å². The number of sulfone groups is 1. The molecule has 2 amide bonds. The smallest absolute Gasteiger partial charge is 0.496 e. The number of ether oxygens (including phenoxy) is 1. The molecule has 2 aromatic carbocycles. The van der Waals surface area contributed by atoms with Gasteiger partial charge in [0.15, 0.2) is 0 Å². The van der Waals surface area contributed by atoms with Gasteiger partial charge in [0.05, 0.1) is 29.2 Å². The van der Waals surface area contributed by atoms with Gasteiger partial charge in [-0.05, 0) is 73.4 Å². The van der Waals surface area contributed by atoms with E-state index in [2.05, 4.69) is 15.6 Å². The van der Waals surface area contributed by atoms with E-state index in [0.717, 1.165) is 30.7 Å². The van der Waals surface area contributed by atoms with Crippen LogP contribution in [0.3, 0.4) is 0 Å². The molecular formula is C31H29F4N3O7S. The second kappa shape index (κ2) is 12.7. The van der Waals surface area contributed by atoms with E-state index < -0.39 is 55.8 Å². The molecule has 2 aliphatic carbocycles. The Morgan fingerprint density at radius 3 is 2.46 bits per heavy atom. The molecule has 2 fully saturated rings. The minimum absolute atomic E-state index is 0.00772. The summed E-state index contributed by atoms with van der Waals surface area (Å²) in [4.78, 5) is 41.2. The quantitative estimate of drug-likeness (QED) is 0.257. The van der Waals surface area contributed by atoms with Crippen molar-refractivity contribution in [1.82, 2.24) is 10.3 Å². The monoisotopic (exact) mass is 663 g/mol. The van der Waals surface area contributed by atoms with Crippen LogP contribution < -0.4 is 15.4 Å². The summed E-state index contributed by atoms with van der Waals surface area (Å²) in [6.45, 7) is 0. The largest absolute Gasteiger partial charge is 0.501 e. The average Bonchev–Trinajstić information content (AvgIpc) is 3.62. The highest BCUT2D eigenvalue weighted by atomic mass is 32.2. The van der Waals surface area contributed by atoms with Gasteiger partial charge in [-0.25, -0.2) is 12.8 Å². The van der Waals surface area contributed by atoms with Crippen molar-refractivity contribution in [2.45, 2.75) is 48.5 Å². The minimum Gasteiger partial charge on any atom is -0.496 e. The van der Waals surface area contributed by atoms with Gasteiger partial charge in [0.2, 0.25) is 5.91 Å². The van der Waals surface area contributed by atoms with Crippen molar-refractivity contribution >= 4 is 33.3 Å². The van der Waals surface area contributed by atoms with E-state index in [0.29, 0.717) is 18.4 Å². The van der Waals surface area contributed by atoms with E-state index in [-0.39, 0.29) is 52.9 Å². The first-order valence-electron chi connectivity index (χ1n) is 14.3. The van der Waals surface area contributed by atoms with Gasteiger partial charge in [0.1, 0.15) is 11.6 Å². The number of hydrogen-bond acceptors (Lipinski definition) is 7. The van der Waals surface area contributed by atoms with Crippen LogP contribution in [-0.2, 0) is 25.8 Å². The van der Waals surface area contributed by atoms with E-state index in [9.17, 15) is 36.0 Å². The fraction of sp³-hybridized carbons (Fsp3) is 0.355. The summed E-state index contributed by atoms with van der Waals surface area (Å²) in [6.07, 6.45) is 3.59. The number of aliphatic carboxylic acids is 1. The van der Waals surface area contributed by atoms with Crippen LogP contribution in [0.4, 0.5) is 23.2 Å². The van der Waals surface area contributed by atoms with Gasteiger partial charge < -0.3 is 20.5 Å². The summed E-state index contributed by atoms with van der Waals surface area (Å²) in [7, 11) is -4.37. The number of carboxylic acids is 1. The van der Waals surface area contributed by atoms with Crippen LogP contribution in [0, 0.1) is 23.6 Å². The maximum absolute atomic E-state index is 15.1. The maximum Gasteiger partial charge on any atom is 0.501 e. The molecule has 3 N–H and O–H groups in total. The summed E-state index contributed by atoms with van der Waals surface area (Å²) in [5.41, 5.74) is -4.87. The number of anilines is 1. The molecule has 4 atom stereocenters. The van der Waals surface area contributed by atoms with Crippen molar-refractivity contribution in [2.24, 2.45) is 17.8 Å². The molecule has 15 heteroatoms. The van der Waals surface area contributed by atoms with Crippen LogP contribution in [-0.4, -0.2) is 55.0 Å². The molecule has 0 spiro atoms. The van der Waals surface area contributed by atoms with Gasteiger partial charge in [0, 0.05) is 36.0 Å². The van der Waals surface area contributed by atoms with Crippen molar-refractivity contribution in [3.63, 3.8) is 0 Å². The lowest BCUT2D eigenvalue weighted by atomic mass is 9.83. The zero-order valence-electron chi connectivity index (χ0n) is 24.3. The number of carbonyl (C=O) groups excluding carboxylic acids is 2. The molecule has 0 unspecified atom stereocenters. The highest BCUT2D eigenvalue weighted by Gasteiger charge is 2.52. The zero-order valence-corrected chi connectivity index (χ0v) is 25.1. The Kier molecular flexibility index (Phi) is 9.07. The molecule has 0 radical (unpaired) electrons. The number of carboxylic acid groups (broad SMARTS) is 1. The topological polar surface area (TPSA) is 152 Å². The number of halogens is 4. The van der Waals surface area contributed by atoms with Gasteiger partial charge in [-0.15, -0.1) is 0 Å². The Hall–Kier alpha value is -4.53. The first kappa shape index (κ1) is 32.9. The lowest BCUT2D eigenvalue weighted by molar-refractivity contribution is -0.137. The molecule has 0 saturated heterocycles. The number of hydrogen-bond donors (Lipinski definition) is 3. The van der Waals surface area contributed by atoms with Gasteiger partial charge in [0.25, 0.3) is 15.7 Å². The van der Waals surface area contributed by atoms with E-state index in [1.54, 1.807) is 6.07 Å². The Labute approximate surface area is 261 Å². The number of pyridine rings is 1. The second-order valence-corrected chi connectivity index (χ2v) is 13.2. The van der Waals surface area contributed by atoms with Gasteiger partial charge in [-0.3, -0.25) is 19.4 Å². The predicted molar refractivity (Wildman–Crippen MR) is 156 cm³/mol. The molecule has 244 valence electrons. The summed E-state index contributed by atoms with van der Waals surface area (Å²) < 4.78 is 83.3. The third-order valence-electron chi connectivity index (χ3n) is 8.50. The molecule has 1 heterocycles. The number of nitrogens with zero attached hydrogens (tertiary/aromatic N) is 1. The molecular weight excluding hydrogens is 634 g/mol. The summed E-state index contributed by atoms with van der Waals surface area (Å²) in [5.74, 6) is -3.96. The fourth-order valence-corrected chi connectivity index (χ4v) is 7.09. The number of alkyl halides is 3. The van der Waals surface area contributed by atoms with Gasteiger partial charge in [-0.2, -0.15) is 13.2 Å². The number of amides is 2. The van der Waals surface area contributed by atoms with Crippen molar-refractivity contribution in [3.8, 4) is 17.0 Å². The lowest BCUT2D eigenvalue weighted by Crippen LogP contribution is -2.48. The number of aryl methyl sites for hydroxylation is 1. The van der Waals surface area contributed by atoms with Crippen LogP contribution >= 0.6 is 0 Å². The number of aromatic nitrogens is 1. The Morgan fingerprint density at radius 2 is 1.80 bits per heavy atom. The van der Waals surface area contributed by atoms with Gasteiger partial charge in [-0.1, -0.05) is 12.1 Å². The SMILES string of the molecule is COc1cc(F)c(-c2ccc(CCC(=O)O)cn2)cc1C(=O)N[C@@H]1[C@H]2CC[C@H](C2)[C@@H]1C(=O)Nc1cccc(S(=O)(=O)C(F)(F)F)c1.